The van der Waals surface area contributed by atoms with Crippen molar-refractivity contribution < 1.29 is 23.1 Å². The molecule has 1 aromatic heterocycles. The molecule has 0 spiro atoms. The van der Waals surface area contributed by atoms with Crippen molar-refractivity contribution in [1.29, 1.82) is 0 Å². The molecule has 1 aliphatic rings. The molecule has 0 radical (unpaired) electrons. The highest BCUT2D eigenvalue weighted by Gasteiger charge is 2.30. The Labute approximate surface area is 160 Å². The fourth-order valence-corrected chi connectivity index (χ4v) is 4.31. The second-order valence-electron chi connectivity index (χ2n) is 7.55. The second-order valence-corrected chi connectivity index (χ2v) is 7.55. The van der Waals surface area contributed by atoms with Crippen LogP contribution in [0, 0.1) is 29.3 Å². The molecule has 6 heteroatoms. The summed E-state index contributed by atoms with van der Waals surface area (Å²) in [6.45, 7) is 0. The lowest BCUT2D eigenvalue weighted by Crippen LogP contribution is -2.09. The van der Waals surface area contributed by atoms with E-state index >= 15 is 0 Å². The third kappa shape index (κ3) is 3.51. The number of benzene rings is 2. The number of aromatic amines is 1. The number of carbonyl (C=O) groups is 1. The summed E-state index contributed by atoms with van der Waals surface area (Å²) in [5, 5.41) is 9.66. The number of nitrogens with one attached hydrogen (secondary N) is 1. The van der Waals surface area contributed by atoms with Crippen LogP contribution in [0.5, 0.6) is 0 Å². The van der Waals surface area contributed by atoms with E-state index in [-0.39, 0.29) is 23.2 Å². The molecule has 1 fully saturated rings. The van der Waals surface area contributed by atoms with Crippen molar-refractivity contribution in [3.8, 4) is 11.3 Å². The Kier molecular flexibility index (Phi) is 4.87. The lowest BCUT2D eigenvalue weighted by molar-refractivity contribution is -0.141. The number of aryl methyl sites for hydroxylation is 1. The van der Waals surface area contributed by atoms with Crippen molar-refractivity contribution in [1.82, 2.24) is 4.98 Å². The average molecular weight is 387 g/mol. The van der Waals surface area contributed by atoms with E-state index in [0.717, 1.165) is 24.5 Å². The van der Waals surface area contributed by atoms with E-state index in [1.165, 1.54) is 18.2 Å². The van der Waals surface area contributed by atoms with E-state index in [9.17, 15) is 23.1 Å². The molecule has 146 valence electrons. The summed E-state index contributed by atoms with van der Waals surface area (Å²) in [5.74, 6) is -2.49. The maximum absolute atomic E-state index is 14.3. The zero-order valence-electron chi connectivity index (χ0n) is 15.1. The van der Waals surface area contributed by atoms with E-state index in [1.54, 1.807) is 12.1 Å². The van der Waals surface area contributed by atoms with Gasteiger partial charge in [0, 0.05) is 17.1 Å². The van der Waals surface area contributed by atoms with Gasteiger partial charge < -0.3 is 10.1 Å². The third-order valence-corrected chi connectivity index (χ3v) is 5.76. The van der Waals surface area contributed by atoms with Gasteiger partial charge in [-0.25, -0.2) is 13.2 Å². The minimum absolute atomic E-state index is 0.227. The molecule has 3 aromatic rings. The molecule has 1 heterocycles. The number of aliphatic carboxylic acids is 1. The number of aromatic nitrogens is 1. The number of fused-ring (bicyclic) bond motifs is 1. The second kappa shape index (κ2) is 7.34. The van der Waals surface area contributed by atoms with Gasteiger partial charge in [0.25, 0.3) is 0 Å². The van der Waals surface area contributed by atoms with E-state index in [0.29, 0.717) is 35.9 Å². The fourth-order valence-electron chi connectivity index (χ4n) is 4.31. The predicted molar refractivity (Wildman–Crippen MR) is 100 cm³/mol. The van der Waals surface area contributed by atoms with E-state index in [4.69, 9.17) is 0 Å². The maximum atomic E-state index is 14.3. The van der Waals surface area contributed by atoms with Gasteiger partial charge in [0.2, 0.25) is 0 Å². The minimum Gasteiger partial charge on any atom is -0.481 e. The van der Waals surface area contributed by atoms with Gasteiger partial charge in [0.05, 0.1) is 11.4 Å². The minimum atomic E-state index is -0.759. The Morgan fingerprint density at radius 1 is 1.07 bits per heavy atom. The monoisotopic (exact) mass is 387 g/mol. The quantitative estimate of drug-likeness (QED) is 0.591. The average Bonchev–Trinajstić information content (AvgIpc) is 3.26. The van der Waals surface area contributed by atoms with Gasteiger partial charge in [0.15, 0.2) is 0 Å². The highest BCUT2D eigenvalue weighted by Crippen LogP contribution is 2.37. The van der Waals surface area contributed by atoms with Crippen LogP contribution in [0.15, 0.2) is 36.4 Å². The van der Waals surface area contributed by atoms with Gasteiger partial charge in [-0.15, -0.1) is 0 Å². The highest BCUT2D eigenvalue weighted by atomic mass is 19.1. The maximum Gasteiger partial charge on any atom is 0.306 e. The number of carboxylic acid groups (broad SMARTS) is 1. The van der Waals surface area contributed by atoms with Crippen LogP contribution in [0.25, 0.3) is 22.2 Å². The summed E-state index contributed by atoms with van der Waals surface area (Å²) in [5.41, 5.74) is 2.35. The summed E-state index contributed by atoms with van der Waals surface area (Å²) in [4.78, 5) is 14.2. The molecule has 2 atom stereocenters. The zero-order chi connectivity index (χ0) is 19.8. The lowest BCUT2D eigenvalue weighted by atomic mass is 9.94. The van der Waals surface area contributed by atoms with Crippen molar-refractivity contribution in [2.45, 2.75) is 32.1 Å². The number of hydrogen-bond donors (Lipinski definition) is 2. The first kappa shape index (κ1) is 18.6. The van der Waals surface area contributed by atoms with Crippen LogP contribution >= 0.6 is 0 Å². The number of hydrogen-bond acceptors (Lipinski definition) is 1. The standard InChI is InChI=1S/C22H20F3NO2/c23-15-6-4-13(5-7-15)20-17(8-2-12-1-3-14(9-12)22(27)28)18-10-16(24)11-19(25)21(18)26-20/h4-7,10-12,14,26H,1-3,8-9H2,(H,27,28). The van der Waals surface area contributed by atoms with Crippen LogP contribution in [-0.4, -0.2) is 16.1 Å². The van der Waals surface area contributed by atoms with Crippen LogP contribution in [0.4, 0.5) is 13.2 Å². The molecule has 28 heavy (non-hydrogen) atoms. The van der Waals surface area contributed by atoms with Crippen molar-refractivity contribution in [2.75, 3.05) is 0 Å². The van der Waals surface area contributed by atoms with E-state index in [2.05, 4.69) is 4.98 Å². The molecule has 4 rings (SSSR count). The topological polar surface area (TPSA) is 53.1 Å². The molecule has 1 saturated carbocycles. The number of carboxylic acids is 1. The van der Waals surface area contributed by atoms with E-state index in [1.807, 2.05) is 0 Å². The smallest absolute Gasteiger partial charge is 0.306 e. The summed E-state index contributed by atoms with van der Waals surface area (Å²) in [6, 6.07) is 8.02. The summed E-state index contributed by atoms with van der Waals surface area (Å²) in [7, 11) is 0. The van der Waals surface area contributed by atoms with Gasteiger partial charge in [-0.1, -0.05) is 0 Å². The van der Waals surface area contributed by atoms with Crippen molar-refractivity contribution in [3.63, 3.8) is 0 Å². The van der Waals surface area contributed by atoms with Crippen LogP contribution in [-0.2, 0) is 11.2 Å². The number of rotatable bonds is 5. The fraction of sp³-hybridized carbons (Fsp3) is 0.318. The van der Waals surface area contributed by atoms with Gasteiger partial charge in [-0.3, -0.25) is 4.79 Å². The normalized spacial score (nSPS) is 19.4. The lowest BCUT2D eigenvalue weighted by Gasteiger charge is -2.11. The Morgan fingerprint density at radius 3 is 2.50 bits per heavy atom. The van der Waals surface area contributed by atoms with Gasteiger partial charge >= 0.3 is 5.97 Å². The predicted octanol–water partition coefficient (Wildman–Crippen LogP) is 5.69. The molecule has 0 amide bonds. The number of halogens is 3. The van der Waals surface area contributed by atoms with Gasteiger partial charge in [-0.05, 0) is 79.5 Å². The van der Waals surface area contributed by atoms with Crippen molar-refractivity contribution in [3.05, 3.63) is 59.4 Å². The molecule has 2 aromatic carbocycles. The summed E-state index contributed by atoms with van der Waals surface area (Å²) >= 11 is 0. The van der Waals surface area contributed by atoms with Crippen LogP contribution in [0.3, 0.4) is 0 Å². The molecule has 0 saturated heterocycles. The molecular formula is C22H20F3NO2. The first-order valence-electron chi connectivity index (χ1n) is 9.40. The largest absolute Gasteiger partial charge is 0.481 e. The molecular weight excluding hydrogens is 367 g/mol. The highest BCUT2D eigenvalue weighted by molar-refractivity contribution is 5.91. The van der Waals surface area contributed by atoms with Crippen molar-refractivity contribution >= 4 is 16.9 Å². The Bertz CT molecular complexity index is 1030. The Hall–Kier alpha value is -2.76. The molecule has 0 bridgehead atoms. The van der Waals surface area contributed by atoms with Gasteiger partial charge in [0.1, 0.15) is 17.5 Å². The number of H-pyrrole nitrogens is 1. The molecule has 1 aliphatic carbocycles. The van der Waals surface area contributed by atoms with Crippen LogP contribution < -0.4 is 0 Å². The molecule has 2 unspecified atom stereocenters. The van der Waals surface area contributed by atoms with Crippen LogP contribution in [0.1, 0.15) is 31.2 Å². The molecule has 2 N–H and O–H groups in total. The zero-order valence-corrected chi connectivity index (χ0v) is 15.1. The third-order valence-electron chi connectivity index (χ3n) is 5.76. The Morgan fingerprint density at radius 2 is 1.82 bits per heavy atom. The van der Waals surface area contributed by atoms with Crippen molar-refractivity contribution in [2.24, 2.45) is 11.8 Å². The molecule has 0 aliphatic heterocycles. The first-order valence-corrected chi connectivity index (χ1v) is 9.40. The summed E-state index contributed by atoms with van der Waals surface area (Å²) < 4.78 is 41.5. The first-order chi connectivity index (χ1) is 13.4. The van der Waals surface area contributed by atoms with Gasteiger partial charge in [-0.2, -0.15) is 0 Å². The Balaban J connectivity index is 1.69. The van der Waals surface area contributed by atoms with E-state index < -0.39 is 17.6 Å². The molecule has 3 nitrogen and oxygen atoms in total. The SMILES string of the molecule is O=C(O)C1CCC(CCc2c(-c3ccc(F)cc3)[nH]c3c(F)cc(F)cc23)C1. The van der Waals surface area contributed by atoms with Crippen LogP contribution in [0.2, 0.25) is 0 Å². The summed E-state index contributed by atoms with van der Waals surface area (Å²) in [6.07, 6.45) is 3.44.